The summed E-state index contributed by atoms with van der Waals surface area (Å²) in [5.41, 5.74) is 1.68. The number of hydrogen-bond acceptors (Lipinski definition) is 7. The summed E-state index contributed by atoms with van der Waals surface area (Å²) in [6, 6.07) is 13.8. The fraction of sp³-hybridized carbons (Fsp3) is 0.150. The normalized spacial score (nSPS) is 14.5. The Bertz CT molecular complexity index is 1230. The van der Waals surface area contributed by atoms with Crippen molar-refractivity contribution in [1.82, 2.24) is 24.7 Å². The van der Waals surface area contributed by atoms with Crippen molar-refractivity contribution in [2.24, 2.45) is 0 Å². The van der Waals surface area contributed by atoms with E-state index < -0.39 is 6.04 Å². The summed E-state index contributed by atoms with van der Waals surface area (Å²) in [6.45, 7) is 1.79. The molecule has 2 amide bonds. The largest absolute Gasteiger partial charge is 0.497 e. The van der Waals surface area contributed by atoms with E-state index in [2.05, 4.69) is 15.3 Å². The van der Waals surface area contributed by atoms with Crippen molar-refractivity contribution in [3.05, 3.63) is 64.7 Å². The SMILES string of the molecule is COc1ccc(-c2nnc3sc([C@@H](C)N4C(=O)c5ccccc5C4=O)nn23)cc1. The van der Waals surface area contributed by atoms with Gasteiger partial charge in [0.2, 0.25) is 4.96 Å². The number of amides is 2. The zero-order chi connectivity index (χ0) is 20.1. The van der Waals surface area contributed by atoms with E-state index in [0.29, 0.717) is 26.9 Å². The van der Waals surface area contributed by atoms with Gasteiger partial charge in [-0.05, 0) is 43.3 Å². The number of rotatable bonds is 4. The summed E-state index contributed by atoms with van der Waals surface area (Å²) in [7, 11) is 1.61. The van der Waals surface area contributed by atoms with Crippen LogP contribution in [0.25, 0.3) is 16.3 Å². The molecule has 1 atom stereocenters. The van der Waals surface area contributed by atoms with Crippen molar-refractivity contribution in [3.8, 4) is 17.1 Å². The zero-order valence-electron chi connectivity index (χ0n) is 15.6. The Hall–Kier alpha value is -3.59. The molecule has 9 heteroatoms. The fourth-order valence-electron chi connectivity index (χ4n) is 3.39. The lowest BCUT2D eigenvalue weighted by Gasteiger charge is -2.19. The molecule has 0 unspecified atom stereocenters. The first-order valence-electron chi connectivity index (χ1n) is 8.92. The first-order valence-corrected chi connectivity index (χ1v) is 9.73. The van der Waals surface area contributed by atoms with Crippen LogP contribution in [0.4, 0.5) is 0 Å². The molecular weight excluding hydrogens is 390 g/mol. The molecule has 0 bridgehead atoms. The molecule has 29 heavy (non-hydrogen) atoms. The average Bonchev–Trinajstić information content (AvgIpc) is 3.41. The Kier molecular flexibility index (Phi) is 3.92. The average molecular weight is 405 g/mol. The molecule has 2 aromatic carbocycles. The van der Waals surface area contributed by atoms with Crippen LogP contribution in [0, 0.1) is 0 Å². The lowest BCUT2D eigenvalue weighted by atomic mass is 10.1. The molecule has 8 nitrogen and oxygen atoms in total. The molecule has 144 valence electrons. The molecule has 1 aliphatic heterocycles. The summed E-state index contributed by atoms with van der Waals surface area (Å²) in [5, 5.41) is 13.6. The van der Waals surface area contributed by atoms with Crippen LogP contribution in [-0.4, -0.2) is 43.6 Å². The Morgan fingerprint density at radius 3 is 2.24 bits per heavy atom. The second-order valence-electron chi connectivity index (χ2n) is 6.59. The predicted octanol–water partition coefficient (Wildman–Crippen LogP) is 3.22. The Balaban J connectivity index is 1.51. The molecule has 0 aliphatic carbocycles. The molecule has 5 rings (SSSR count). The van der Waals surface area contributed by atoms with Crippen LogP contribution in [0.5, 0.6) is 5.75 Å². The van der Waals surface area contributed by atoms with E-state index in [1.54, 1.807) is 42.8 Å². The van der Waals surface area contributed by atoms with Crippen LogP contribution < -0.4 is 4.74 Å². The lowest BCUT2D eigenvalue weighted by molar-refractivity contribution is 0.0594. The number of imide groups is 1. The number of methoxy groups -OCH3 is 1. The number of hydrogen-bond donors (Lipinski definition) is 0. The first-order chi connectivity index (χ1) is 14.1. The second-order valence-corrected chi connectivity index (χ2v) is 7.58. The van der Waals surface area contributed by atoms with E-state index in [1.165, 1.54) is 16.2 Å². The van der Waals surface area contributed by atoms with Crippen molar-refractivity contribution < 1.29 is 14.3 Å². The van der Waals surface area contributed by atoms with Gasteiger partial charge in [0.15, 0.2) is 5.82 Å². The summed E-state index contributed by atoms with van der Waals surface area (Å²) < 4.78 is 6.82. The van der Waals surface area contributed by atoms with Gasteiger partial charge in [-0.3, -0.25) is 14.5 Å². The number of fused-ring (bicyclic) bond motifs is 2. The van der Waals surface area contributed by atoms with Gasteiger partial charge in [-0.15, -0.1) is 10.2 Å². The number of nitrogens with zero attached hydrogens (tertiary/aromatic N) is 5. The Morgan fingerprint density at radius 2 is 1.62 bits per heavy atom. The molecule has 0 spiro atoms. The highest BCUT2D eigenvalue weighted by Crippen LogP contribution is 2.33. The molecule has 1 aliphatic rings. The monoisotopic (exact) mass is 405 g/mol. The molecule has 0 radical (unpaired) electrons. The van der Waals surface area contributed by atoms with Gasteiger partial charge in [0.1, 0.15) is 10.8 Å². The van der Waals surface area contributed by atoms with Crippen LogP contribution in [0.3, 0.4) is 0 Å². The van der Waals surface area contributed by atoms with Gasteiger partial charge in [-0.1, -0.05) is 23.5 Å². The zero-order valence-corrected chi connectivity index (χ0v) is 16.4. The van der Waals surface area contributed by atoms with Gasteiger partial charge >= 0.3 is 0 Å². The summed E-state index contributed by atoms with van der Waals surface area (Å²) in [4.78, 5) is 27.4. The van der Waals surface area contributed by atoms with Crippen LogP contribution >= 0.6 is 11.3 Å². The first kappa shape index (κ1) is 17.5. The smallest absolute Gasteiger partial charge is 0.262 e. The highest BCUT2D eigenvalue weighted by molar-refractivity contribution is 7.16. The highest BCUT2D eigenvalue weighted by Gasteiger charge is 2.40. The van der Waals surface area contributed by atoms with E-state index >= 15 is 0 Å². The van der Waals surface area contributed by atoms with Gasteiger partial charge in [-0.2, -0.15) is 9.61 Å². The van der Waals surface area contributed by atoms with Gasteiger partial charge < -0.3 is 4.74 Å². The van der Waals surface area contributed by atoms with Crippen LogP contribution in [0.1, 0.15) is 38.7 Å². The number of aromatic nitrogens is 4. The molecular formula is C20H15N5O3S. The van der Waals surface area contributed by atoms with E-state index in [9.17, 15) is 9.59 Å². The van der Waals surface area contributed by atoms with E-state index in [0.717, 1.165) is 11.3 Å². The molecule has 3 heterocycles. The van der Waals surface area contributed by atoms with Crippen LogP contribution in [-0.2, 0) is 0 Å². The number of benzene rings is 2. The quantitative estimate of drug-likeness (QED) is 0.484. The molecule has 0 saturated heterocycles. The Morgan fingerprint density at radius 1 is 0.966 bits per heavy atom. The number of carbonyl (C=O) groups excluding carboxylic acids is 2. The topological polar surface area (TPSA) is 89.7 Å². The third-order valence-corrected chi connectivity index (χ3v) is 5.99. The van der Waals surface area contributed by atoms with Crippen molar-refractivity contribution in [3.63, 3.8) is 0 Å². The maximum absolute atomic E-state index is 12.8. The van der Waals surface area contributed by atoms with Gasteiger partial charge in [0, 0.05) is 5.56 Å². The summed E-state index contributed by atoms with van der Waals surface area (Å²) in [6.07, 6.45) is 0. The maximum atomic E-state index is 12.8. The van der Waals surface area contributed by atoms with Gasteiger partial charge in [0.05, 0.1) is 24.3 Å². The van der Waals surface area contributed by atoms with E-state index in [-0.39, 0.29) is 11.8 Å². The molecule has 4 aromatic rings. The van der Waals surface area contributed by atoms with Gasteiger partial charge in [0.25, 0.3) is 11.8 Å². The molecule has 0 N–H and O–H groups in total. The van der Waals surface area contributed by atoms with Crippen LogP contribution in [0.15, 0.2) is 48.5 Å². The van der Waals surface area contributed by atoms with E-state index in [1.807, 2.05) is 24.3 Å². The minimum atomic E-state index is -0.516. The fourth-order valence-corrected chi connectivity index (χ4v) is 4.27. The Labute approximate surface area is 169 Å². The predicted molar refractivity (Wildman–Crippen MR) is 106 cm³/mol. The third kappa shape index (κ3) is 2.62. The second kappa shape index (κ2) is 6.49. The van der Waals surface area contributed by atoms with E-state index in [4.69, 9.17) is 4.74 Å². The summed E-state index contributed by atoms with van der Waals surface area (Å²) in [5.74, 6) is 0.714. The summed E-state index contributed by atoms with van der Waals surface area (Å²) >= 11 is 1.31. The van der Waals surface area contributed by atoms with Crippen molar-refractivity contribution in [2.45, 2.75) is 13.0 Å². The van der Waals surface area contributed by atoms with Crippen molar-refractivity contribution in [1.29, 1.82) is 0 Å². The third-order valence-electron chi connectivity index (χ3n) is 4.92. The molecule has 0 saturated carbocycles. The minimum Gasteiger partial charge on any atom is -0.497 e. The van der Waals surface area contributed by atoms with Gasteiger partial charge in [-0.25, -0.2) is 0 Å². The number of carbonyl (C=O) groups is 2. The lowest BCUT2D eigenvalue weighted by Crippen LogP contribution is -2.32. The molecule has 2 aromatic heterocycles. The standard InChI is InChI=1S/C20H15N5O3S/c1-11(24-18(26)14-5-3-4-6-15(14)19(24)27)17-23-25-16(21-22-20(25)29-17)12-7-9-13(28-2)10-8-12/h3-11H,1-2H3/t11-/m1/s1. The number of ether oxygens (including phenoxy) is 1. The van der Waals surface area contributed by atoms with Crippen molar-refractivity contribution in [2.75, 3.05) is 7.11 Å². The maximum Gasteiger partial charge on any atom is 0.262 e. The van der Waals surface area contributed by atoms with Crippen LogP contribution in [0.2, 0.25) is 0 Å². The molecule has 0 fully saturated rings. The van der Waals surface area contributed by atoms with Crippen molar-refractivity contribution >= 4 is 28.1 Å². The minimum absolute atomic E-state index is 0.306. The highest BCUT2D eigenvalue weighted by atomic mass is 32.1.